The van der Waals surface area contributed by atoms with Gasteiger partial charge in [-0.25, -0.2) is 4.79 Å². The summed E-state index contributed by atoms with van der Waals surface area (Å²) in [6.07, 6.45) is 1.90. The van der Waals surface area contributed by atoms with Gasteiger partial charge in [0, 0.05) is 6.08 Å². The number of carbonyl (C=O) groups is 1. The van der Waals surface area contributed by atoms with Gasteiger partial charge in [-0.1, -0.05) is 0 Å². The topological polar surface area (TPSA) is 89.9 Å². The first-order chi connectivity index (χ1) is 8.79. The van der Waals surface area contributed by atoms with Gasteiger partial charge in [-0.3, -0.25) is 0 Å². The number of methoxy groups -OCH3 is 2. The van der Waals surface area contributed by atoms with E-state index in [0.717, 1.165) is 18.2 Å². The zero-order chi connectivity index (χ0) is 14.6. The summed E-state index contributed by atoms with van der Waals surface area (Å²) < 4.78 is 44.9. The molecule has 0 saturated carbocycles. The number of carboxylic acid groups (broad SMARTS) is 1. The summed E-state index contributed by atoms with van der Waals surface area (Å²) in [6.45, 7) is 0. The molecule has 0 fully saturated rings. The largest absolute Gasteiger partial charge is 0.493 e. The van der Waals surface area contributed by atoms with Crippen LogP contribution in [0.4, 0.5) is 3.89 Å². The molecular formula is C11H11FO6S. The van der Waals surface area contributed by atoms with Crippen LogP contribution in [0.3, 0.4) is 0 Å². The van der Waals surface area contributed by atoms with Gasteiger partial charge < -0.3 is 14.6 Å². The number of ether oxygens (including phenoxy) is 2. The van der Waals surface area contributed by atoms with Crippen molar-refractivity contribution in [3.8, 4) is 11.5 Å². The van der Waals surface area contributed by atoms with E-state index in [9.17, 15) is 17.1 Å². The van der Waals surface area contributed by atoms with Crippen molar-refractivity contribution in [2.24, 2.45) is 0 Å². The normalized spacial score (nSPS) is 11.5. The lowest BCUT2D eigenvalue weighted by atomic mass is 10.2. The van der Waals surface area contributed by atoms with E-state index in [0.29, 0.717) is 0 Å². The molecule has 0 unspecified atom stereocenters. The van der Waals surface area contributed by atoms with Crippen LogP contribution in [-0.4, -0.2) is 33.7 Å². The van der Waals surface area contributed by atoms with Crippen molar-refractivity contribution in [3.63, 3.8) is 0 Å². The van der Waals surface area contributed by atoms with Crippen LogP contribution in [0.15, 0.2) is 23.1 Å². The molecule has 1 N–H and O–H groups in total. The lowest BCUT2D eigenvalue weighted by Crippen LogP contribution is -2.00. The van der Waals surface area contributed by atoms with Crippen LogP contribution >= 0.6 is 0 Å². The molecule has 104 valence electrons. The lowest BCUT2D eigenvalue weighted by Gasteiger charge is -2.11. The van der Waals surface area contributed by atoms with E-state index in [2.05, 4.69) is 0 Å². The summed E-state index contributed by atoms with van der Waals surface area (Å²) in [4.78, 5) is 9.67. The zero-order valence-electron chi connectivity index (χ0n) is 10.1. The Kier molecular flexibility index (Phi) is 4.49. The standard InChI is InChI=1S/C11H11FO6S/c1-17-8-5-7(3-4-10(13)14)6-9(11(8)18-2)19(12,15)16/h3-6H,1-2H3,(H,13,14)/b4-3+. The summed E-state index contributed by atoms with van der Waals surface area (Å²) in [6, 6.07) is 2.28. The van der Waals surface area contributed by atoms with Gasteiger partial charge in [0.1, 0.15) is 4.90 Å². The van der Waals surface area contributed by atoms with Crippen LogP contribution < -0.4 is 9.47 Å². The van der Waals surface area contributed by atoms with Gasteiger partial charge in [0.2, 0.25) is 0 Å². The highest BCUT2D eigenvalue weighted by molar-refractivity contribution is 7.86. The minimum absolute atomic E-state index is 0.0220. The lowest BCUT2D eigenvalue weighted by molar-refractivity contribution is -0.131. The average molecular weight is 290 g/mol. The van der Waals surface area contributed by atoms with Crippen molar-refractivity contribution in [1.82, 2.24) is 0 Å². The fraction of sp³-hybridized carbons (Fsp3) is 0.182. The zero-order valence-corrected chi connectivity index (χ0v) is 10.9. The highest BCUT2D eigenvalue weighted by Gasteiger charge is 2.23. The Hall–Kier alpha value is -2.09. The molecule has 8 heteroatoms. The second-order valence-electron chi connectivity index (χ2n) is 3.36. The van der Waals surface area contributed by atoms with Crippen molar-refractivity contribution in [1.29, 1.82) is 0 Å². The van der Waals surface area contributed by atoms with Gasteiger partial charge in [-0.15, -0.1) is 3.89 Å². The van der Waals surface area contributed by atoms with Crippen LogP contribution in [0.25, 0.3) is 6.08 Å². The first kappa shape index (κ1) is 15.0. The number of aliphatic carboxylic acids is 1. The predicted octanol–water partition coefficient (Wildman–Crippen LogP) is 1.46. The van der Waals surface area contributed by atoms with Crippen LogP contribution in [0.2, 0.25) is 0 Å². The smallest absolute Gasteiger partial charge is 0.335 e. The van der Waals surface area contributed by atoms with Gasteiger partial charge in [-0.2, -0.15) is 8.42 Å². The Morgan fingerprint density at radius 2 is 1.95 bits per heavy atom. The van der Waals surface area contributed by atoms with Crippen molar-refractivity contribution >= 4 is 22.3 Å². The summed E-state index contributed by atoms with van der Waals surface area (Å²) >= 11 is 0. The third-order valence-corrected chi connectivity index (χ3v) is 2.98. The number of halogens is 1. The first-order valence-corrected chi connectivity index (χ1v) is 6.29. The number of hydrogen-bond acceptors (Lipinski definition) is 5. The predicted molar refractivity (Wildman–Crippen MR) is 64.5 cm³/mol. The monoisotopic (exact) mass is 290 g/mol. The molecule has 6 nitrogen and oxygen atoms in total. The molecule has 0 aliphatic rings. The summed E-state index contributed by atoms with van der Waals surface area (Å²) in [5.41, 5.74) is 0.149. The van der Waals surface area contributed by atoms with Crippen molar-refractivity contribution in [3.05, 3.63) is 23.8 Å². The summed E-state index contributed by atoms with van der Waals surface area (Å²) in [7, 11) is -2.61. The van der Waals surface area contributed by atoms with E-state index in [-0.39, 0.29) is 17.1 Å². The minimum Gasteiger partial charge on any atom is -0.493 e. The van der Waals surface area contributed by atoms with Gasteiger partial charge in [0.05, 0.1) is 14.2 Å². The molecule has 0 atom stereocenters. The van der Waals surface area contributed by atoms with Crippen LogP contribution in [0.1, 0.15) is 5.56 Å². The molecule has 0 radical (unpaired) electrons. The maximum Gasteiger partial charge on any atom is 0.335 e. The Bertz CT molecular complexity index is 620. The fourth-order valence-electron chi connectivity index (χ4n) is 1.39. The quantitative estimate of drug-likeness (QED) is 0.652. The third-order valence-electron chi connectivity index (χ3n) is 2.15. The fourth-order valence-corrected chi connectivity index (χ4v) is 2.08. The van der Waals surface area contributed by atoms with Gasteiger partial charge in [-0.05, 0) is 23.8 Å². The molecule has 1 aromatic carbocycles. The molecule has 0 aliphatic carbocycles. The molecule has 19 heavy (non-hydrogen) atoms. The number of benzene rings is 1. The second kappa shape index (κ2) is 5.70. The Morgan fingerprint density at radius 1 is 1.32 bits per heavy atom. The summed E-state index contributed by atoms with van der Waals surface area (Å²) in [5, 5.41) is 8.50. The first-order valence-electron chi connectivity index (χ1n) is 4.91. The van der Waals surface area contributed by atoms with Gasteiger partial charge in [0.15, 0.2) is 11.5 Å². The Labute approximate surface area is 109 Å². The van der Waals surface area contributed by atoms with E-state index in [1.54, 1.807) is 0 Å². The van der Waals surface area contributed by atoms with Crippen LogP contribution in [-0.2, 0) is 15.0 Å². The minimum atomic E-state index is -5.03. The number of hydrogen-bond donors (Lipinski definition) is 1. The Balaban J connectivity index is 3.52. The molecule has 0 bridgehead atoms. The molecule has 1 aromatic rings. The molecule has 1 rings (SSSR count). The third kappa shape index (κ3) is 3.68. The second-order valence-corrected chi connectivity index (χ2v) is 4.68. The molecule has 0 heterocycles. The highest BCUT2D eigenvalue weighted by atomic mass is 32.3. The van der Waals surface area contributed by atoms with Crippen molar-refractivity contribution in [2.75, 3.05) is 14.2 Å². The van der Waals surface area contributed by atoms with Crippen LogP contribution in [0.5, 0.6) is 11.5 Å². The maximum atomic E-state index is 13.2. The number of carboxylic acids is 1. The SMILES string of the molecule is COc1cc(/C=C/C(=O)O)cc(S(=O)(=O)F)c1OC. The molecule has 0 aromatic heterocycles. The van der Waals surface area contributed by atoms with Crippen molar-refractivity contribution < 1.29 is 31.7 Å². The Morgan fingerprint density at radius 3 is 2.37 bits per heavy atom. The van der Waals surface area contributed by atoms with Crippen LogP contribution in [0, 0.1) is 0 Å². The van der Waals surface area contributed by atoms with Crippen molar-refractivity contribution in [2.45, 2.75) is 4.90 Å². The van der Waals surface area contributed by atoms with E-state index in [1.165, 1.54) is 20.3 Å². The molecule has 0 saturated heterocycles. The van der Waals surface area contributed by atoms with E-state index >= 15 is 0 Å². The molecule has 0 amide bonds. The molecule has 0 aliphatic heterocycles. The average Bonchev–Trinajstić information content (AvgIpc) is 2.33. The highest BCUT2D eigenvalue weighted by Crippen LogP contribution is 2.36. The van der Waals surface area contributed by atoms with Gasteiger partial charge in [0.25, 0.3) is 0 Å². The van der Waals surface area contributed by atoms with E-state index < -0.39 is 21.1 Å². The molecule has 0 spiro atoms. The van der Waals surface area contributed by atoms with E-state index in [1.807, 2.05) is 0 Å². The summed E-state index contributed by atoms with van der Waals surface area (Å²) in [5.74, 6) is -1.52. The van der Waals surface area contributed by atoms with Gasteiger partial charge >= 0.3 is 16.2 Å². The van der Waals surface area contributed by atoms with E-state index in [4.69, 9.17) is 14.6 Å². The maximum absolute atomic E-state index is 13.2. The number of rotatable bonds is 5. The molecular weight excluding hydrogens is 279 g/mol.